The average Bonchev–Trinajstić information content (AvgIpc) is 3.00. The Morgan fingerprint density at radius 1 is 1.04 bits per heavy atom. The van der Waals surface area contributed by atoms with Gasteiger partial charge in [0.1, 0.15) is 6.04 Å². The number of benzene rings is 2. The first-order chi connectivity index (χ1) is 11.2. The van der Waals surface area contributed by atoms with Crippen LogP contribution in [0.3, 0.4) is 0 Å². The van der Waals surface area contributed by atoms with E-state index in [1.165, 1.54) is 0 Å². The lowest BCUT2D eigenvalue weighted by molar-refractivity contribution is -0.143. The van der Waals surface area contributed by atoms with Crippen LogP contribution in [-0.4, -0.2) is 40.8 Å². The normalized spacial score (nSPS) is 22.8. The SMILES string of the molecule is O=C(O)C(c1ccccc1)N1CC(CO)C(c2ccccc2)C1. The number of hydrogen-bond acceptors (Lipinski definition) is 3. The summed E-state index contributed by atoms with van der Waals surface area (Å²) in [5.41, 5.74) is 1.94. The lowest BCUT2D eigenvalue weighted by atomic mass is 9.90. The summed E-state index contributed by atoms with van der Waals surface area (Å²) in [6.45, 7) is 1.29. The van der Waals surface area contributed by atoms with Gasteiger partial charge in [-0.25, -0.2) is 0 Å². The van der Waals surface area contributed by atoms with Crippen molar-refractivity contribution in [1.82, 2.24) is 4.90 Å². The number of rotatable bonds is 5. The molecule has 0 aromatic heterocycles. The fourth-order valence-corrected chi connectivity index (χ4v) is 3.52. The number of carboxylic acids is 1. The molecule has 0 bridgehead atoms. The largest absolute Gasteiger partial charge is 0.480 e. The van der Waals surface area contributed by atoms with Crippen LogP contribution in [0.1, 0.15) is 23.1 Å². The fraction of sp³-hybridized carbons (Fsp3) is 0.316. The second-order valence-corrected chi connectivity index (χ2v) is 6.07. The van der Waals surface area contributed by atoms with E-state index in [0.717, 1.165) is 11.1 Å². The number of carboxylic acid groups (broad SMARTS) is 1. The molecular weight excluding hydrogens is 290 g/mol. The topological polar surface area (TPSA) is 60.8 Å². The Morgan fingerprint density at radius 2 is 1.65 bits per heavy atom. The Morgan fingerprint density at radius 3 is 2.22 bits per heavy atom. The van der Waals surface area contributed by atoms with Gasteiger partial charge < -0.3 is 10.2 Å². The molecular formula is C19H21NO3. The highest BCUT2D eigenvalue weighted by molar-refractivity contribution is 5.75. The lowest BCUT2D eigenvalue weighted by Gasteiger charge is -2.24. The van der Waals surface area contributed by atoms with Crippen molar-refractivity contribution in [3.8, 4) is 0 Å². The summed E-state index contributed by atoms with van der Waals surface area (Å²) in [7, 11) is 0. The lowest BCUT2D eigenvalue weighted by Crippen LogP contribution is -2.32. The maximum Gasteiger partial charge on any atom is 0.325 e. The minimum absolute atomic E-state index is 0.0583. The maximum absolute atomic E-state index is 11.8. The van der Waals surface area contributed by atoms with Crippen molar-refractivity contribution in [3.63, 3.8) is 0 Å². The molecule has 4 heteroatoms. The van der Waals surface area contributed by atoms with E-state index in [1.807, 2.05) is 53.4 Å². The van der Waals surface area contributed by atoms with Gasteiger partial charge in [0.05, 0.1) is 0 Å². The summed E-state index contributed by atoms with van der Waals surface area (Å²) >= 11 is 0. The van der Waals surface area contributed by atoms with E-state index in [-0.39, 0.29) is 18.4 Å². The van der Waals surface area contributed by atoms with E-state index in [4.69, 9.17) is 0 Å². The maximum atomic E-state index is 11.8. The van der Waals surface area contributed by atoms with Gasteiger partial charge in [-0.3, -0.25) is 9.69 Å². The zero-order valence-electron chi connectivity index (χ0n) is 12.9. The van der Waals surface area contributed by atoms with Gasteiger partial charge in [0.25, 0.3) is 0 Å². The third-order valence-electron chi connectivity index (χ3n) is 4.65. The highest BCUT2D eigenvalue weighted by Gasteiger charge is 2.39. The molecule has 0 radical (unpaired) electrons. The molecule has 1 saturated heterocycles. The van der Waals surface area contributed by atoms with Crippen LogP contribution in [0.5, 0.6) is 0 Å². The van der Waals surface area contributed by atoms with Gasteiger partial charge in [-0.05, 0) is 11.1 Å². The molecule has 3 atom stereocenters. The summed E-state index contributed by atoms with van der Waals surface area (Å²) < 4.78 is 0. The molecule has 23 heavy (non-hydrogen) atoms. The first kappa shape index (κ1) is 15.7. The van der Waals surface area contributed by atoms with Crippen LogP contribution >= 0.6 is 0 Å². The molecule has 0 aliphatic carbocycles. The smallest absolute Gasteiger partial charge is 0.325 e. The molecule has 1 heterocycles. The van der Waals surface area contributed by atoms with Crippen molar-refractivity contribution in [2.45, 2.75) is 12.0 Å². The number of likely N-dealkylation sites (tertiary alicyclic amines) is 1. The fourth-order valence-electron chi connectivity index (χ4n) is 3.52. The second kappa shape index (κ2) is 6.94. The van der Waals surface area contributed by atoms with Gasteiger partial charge in [-0.1, -0.05) is 60.7 Å². The minimum Gasteiger partial charge on any atom is -0.480 e. The molecule has 0 amide bonds. The Kier molecular flexibility index (Phi) is 4.74. The number of aliphatic hydroxyl groups excluding tert-OH is 1. The quantitative estimate of drug-likeness (QED) is 0.891. The Bertz CT molecular complexity index is 644. The predicted octanol–water partition coefficient (Wildman–Crippen LogP) is 2.52. The van der Waals surface area contributed by atoms with Gasteiger partial charge in [0.2, 0.25) is 0 Å². The standard InChI is InChI=1S/C19H21NO3/c21-13-16-11-20(12-17(16)14-7-3-1-4-8-14)18(19(22)23)15-9-5-2-6-10-15/h1-10,16-18,21H,11-13H2,(H,22,23). The van der Waals surface area contributed by atoms with Gasteiger partial charge >= 0.3 is 5.97 Å². The van der Waals surface area contributed by atoms with Crippen molar-refractivity contribution in [3.05, 3.63) is 71.8 Å². The second-order valence-electron chi connectivity index (χ2n) is 6.07. The predicted molar refractivity (Wildman–Crippen MR) is 88.2 cm³/mol. The molecule has 2 aromatic carbocycles. The van der Waals surface area contributed by atoms with Gasteiger partial charge in [-0.2, -0.15) is 0 Å². The molecule has 2 aromatic rings. The monoisotopic (exact) mass is 311 g/mol. The van der Waals surface area contributed by atoms with E-state index in [0.29, 0.717) is 13.1 Å². The average molecular weight is 311 g/mol. The molecule has 0 saturated carbocycles. The Balaban J connectivity index is 1.87. The molecule has 2 N–H and O–H groups in total. The van der Waals surface area contributed by atoms with E-state index in [2.05, 4.69) is 12.1 Å². The van der Waals surface area contributed by atoms with E-state index < -0.39 is 12.0 Å². The number of aliphatic hydroxyl groups is 1. The van der Waals surface area contributed by atoms with E-state index >= 15 is 0 Å². The van der Waals surface area contributed by atoms with Crippen molar-refractivity contribution >= 4 is 5.97 Å². The number of carbonyl (C=O) groups is 1. The Labute approximate surface area is 136 Å². The number of aliphatic carboxylic acids is 1. The van der Waals surface area contributed by atoms with Crippen molar-refractivity contribution in [2.24, 2.45) is 5.92 Å². The summed E-state index contributed by atoms with van der Waals surface area (Å²) in [5, 5.41) is 19.4. The van der Waals surface area contributed by atoms with Crippen LogP contribution in [0.25, 0.3) is 0 Å². The first-order valence-corrected chi connectivity index (χ1v) is 7.88. The number of hydrogen-bond donors (Lipinski definition) is 2. The molecule has 120 valence electrons. The zero-order valence-corrected chi connectivity index (χ0v) is 12.9. The summed E-state index contributed by atoms with van der Waals surface area (Å²) in [6, 6.07) is 18.7. The molecule has 3 rings (SSSR count). The first-order valence-electron chi connectivity index (χ1n) is 7.88. The van der Waals surface area contributed by atoms with Crippen molar-refractivity contribution in [1.29, 1.82) is 0 Å². The zero-order chi connectivity index (χ0) is 16.2. The molecule has 1 aliphatic rings. The summed E-state index contributed by atoms with van der Waals surface area (Å²) in [4.78, 5) is 13.8. The third-order valence-corrected chi connectivity index (χ3v) is 4.65. The summed E-state index contributed by atoms with van der Waals surface area (Å²) in [6.07, 6.45) is 0. The van der Waals surface area contributed by atoms with E-state index in [1.54, 1.807) is 0 Å². The van der Waals surface area contributed by atoms with Gasteiger partial charge in [-0.15, -0.1) is 0 Å². The van der Waals surface area contributed by atoms with Gasteiger partial charge in [0.15, 0.2) is 0 Å². The Hall–Kier alpha value is -2.17. The van der Waals surface area contributed by atoms with Crippen molar-refractivity contribution < 1.29 is 15.0 Å². The highest BCUT2D eigenvalue weighted by Crippen LogP contribution is 2.37. The van der Waals surface area contributed by atoms with Crippen LogP contribution in [0.15, 0.2) is 60.7 Å². The molecule has 4 nitrogen and oxygen atoms in total. The minimum atomic E-state index is -0.846. The van der Waals surface area contributed by atoms with E-state index in [9.17, 15) is 15.0 Å². The molecule has 1 aliphatic heterocycles. The van der Waals surface area contributed by atoms with Gasteiger partial charge in [0, 0.05) is 31.5 Å². The van der Waals surface area contributed by atoms with Crippen LogP contribution in [-0.2, 0) is 4.79 Å². The highest BCUT2D eigenvalue weighted by atomic mass is 16.4. The molecule has 3 unspecified atom stereocenters. The van der Waals surface area contributed by atoms with Crippen molar-refractivity contribution in [2.75, 3.05) is 19.7 Å². The molecule has 0 spiro atoms. The van der Waals surface area contributed by atoms with Crippen LogP contribution in [0, 0.1) is 5.92 Å². The van der Waals surface area contributed by atoms with Crippen LogP contribution in [0.4, 0.5) is 0 Å². The van der Waals surface area contributed by atoms with Crippen LogP contribution < -0.4 is 0 Å². The number of nitrogens with zero attached hydrogens (tertiary/aromatic N) is 1. The summed E-state index contributed by atoms with van der Waals surface area (Å²) in [5.74, 6) is -0.628. The molecule has 1 fully saturated rings. The van der Waals surface area contributed by atoms with Crippen LogP contribution in [0.2, 0.25) is 0 Å². The third kappa shape index (κ3) is 3.28.